The van der Waals surface area contributed by atoms with Gasteiger partial charge in [0.05, 0.1) is 12.3 Å². The van der Waals surface area contributed by atoms with Crippen molar-refractivity contribution in [2.75, 3.05) is 6.61 Å². The van der Waals surface area contributed by atoms with Crippen LogP contribution in [0.3, 0.4) is 0 Å². The van der Waals surface area contributed by atoms with E-state index in [2.05, 4.69) is 13.5 Å². The van der Waals surface area contributed by atoms with Crippen LogP contribution in [-0.2, 0) is 14.3 Å². The molecule has 0 aliphatic rings. The fourth-order valence-electron chi connectivity index (χ4n) is 4.09. The highest BCUT2D eigenvalue weighted by atomic mass is 16.5. The van der Waals surface area contributed by atoms with Crippen molar-refractivity contribution in [1.82, 2.24) is 0 Å². The lowest BCUT2D eigenvalue weighted by molar-refractivity contribution is -0.150. The minimum atomic E-state index is -0.992. The second kappa shape index (κ2) is 25.1. The smallest absolute Gasteiger partial charge is 0.313 e. The molecule has 0 saturated heterocycles. The van der Waals surface area contributed by atoms with Crippen LogP contribution >= 0.6 is 0 Å². The number of carbonyl (C=O) groups excluding carboxylic acids is 1. The molecule has 0 heterocycles. The second-order valence-electron chi connectivity index (χ2n) is 9.35. The van der Waals surface area contributed by atoms with E-state index in [0.29, 0.717) is 0 Å². The fraction of sp³-hybridized carbons (Fsp3) is 0.793. The van der Waals surface area contributed by atoms with Gasteiger partial charge in [0.2, 0.25) is 0 Å². The number of unbranched alkanes of at least 4 members (excludes halogenated alkanes) is 18. The van der Waals surface area contributed by atoms with Crippen LogP contribution < -0.4 is 0 Å². The van der Waals surface area contributed by atoms with Crippen molar-refractivity contribution in [3.63, 3.8) is 0 Å². The van der Waals surface area contributed by atoms with Gasteiger partial charge < -0.3 is 9.84 Å². The van der Waals surface area contributed by atoms with Crippen LogP contribution in [0.25, 0.3) is 0 Å². The van der Waals surface area contributed by atoms with Gasteiger partial charge in [-0.15, -0.1) is 0 Å². The van der Waals surface area contributed by atoms with Crippen molar-refractivity contribution >= 4 is 11.9 Å². The molecule has 0 saturated carbocycles. The fourth-order valence-corrected chi connectivity index (χ4v) is 4.09. The lowest BCUT2D eigenvalue weighted by Crippen LogP contribution is -2.19. The maximum absolute atomic E-state index is 11.9. The van der Waals surface area contributed by atoms with Crippen LogP contribution in [0, 0.1) is 5.92 Å². The molecule has 1 N–H and O–H groups in total. The Kier molecular flexibility index (Phi) is 23.9. The first-order valence-corrected chi connectivity index (χ1v) is 13.8. The minimum Gasteiger partial charge on any atom is -0.481 e. The van der Waals surface area contributed by atoms with Crippen LogP contribution in [0.1, 0.15) is 135 Å². The Hall–Kier alpha value is -1.58. The minimum absolute atomic E-state index is 0.113. The molecule has 1 unspecified atom stereocenters. The summed E-state index contributed by atoms with van der Waals surface area (Å²) in [5.41, 5.74) is 0. The van der Waals surface area contributed by atoms with E-state index in [4.69, 9.17) is 9.84 Å². The standard InChI is InChI=1S/C29H52O4/c1-3-5-6-7-8-9-10-11-12-13-14-15-16-17-18-19-20-21-22-23-24-27(26-28(30)31)29(32)33-25-4-2/h4,23-24,27H,2-3,5-22,25-26H2,1H3,(H,30,31)/b24-23+. The Bertz CT molecular complexity index is 498. The molecule has 0 aliphatic heterocycles. The largest absolute Gasteiger partial charge is 0.481 e. The number of carbonyl (C=O) groups is 2. The van der Waals surface area contributed by atoms with Gasteiger partial charge in [-0.1, -0.05) is 141 Å². The summed E-state index contributed by atoms with van der Waals surface area (Å²) in [6.07, 6.45) is 30.2. The highest BCUT2D eigenvalue weighted by molar-refractivity contribution is 5.80. The summed E-state index contributed by atoms with van der Waals surface area (Å²) in [7, 11) is 0. The summed E-state index contributed by atoms with van der Waals surface area (Å²) in [4.78, 5) is 22.8. The number of rotatable bonds is 25. The average Bonchev–Trinajstić information content (AvgIpc) is 2.80. The Morgan fingerprint density at radius 3 is 1.58 bits per heavy atom. The number of ether oxygens (including phenoxy) is 1. The first kappa shape index (κ1) is 31.4. The van der Waals surface area contributed by atoms with E-state index >= 15 is 0 Å². The van der Waals surface area contributed by atoms with Crippen LogP contribution in [-0.4, -0.2) is 23.7 Å². The van der Waals surface area contributed by atoms with Crippen molar-refractivity contribution in [2.45, 2.75) is 135 Å². The van der Waals surface area contributed by atoms with E-state index in [1.165, 1.54) is 115 Å². The van der Waals surface area contributed by atoms with Crippen molar-refractivity contribution in [3.05, 3.63) is 24.8 Å². The predicted molar refractivity (Wildman–Crippen MR) is 139 cm³/mol. The maximum Gasteiger partial charge on any atom is 0.313 e. The summed E-state index contributed by atoms with van der Waals surface area (Å²) < 4.78 is 4.98. The van der Waals surface area contributed by atoms with Gasteiger partial charge in [0.15, 0.2) is 0 Å². The summed E-state index contributed by atoms with van der Waals surface area (Å²) in [6.45, 7) is 5.89. The number of allylic oxidation sites excluding steroid dienone is 1. The van der Waals surface area contributed by atoms with E-state index in [-0.39, 0.29) is 13.0 Å². The van der Waals surface area contributed by atoms with Gasteiger partial charge in [-0.2, -0.15) is 0 Å². The molecule has 0 rings (SSSR count). The Morgan fingerprint density at radius 2 is 1.18 bits per heavy atom. The molecule has 0 aromatic heterocycles. The first-order valence-electron chi connectivity index (χ1n) is 13.8. The molecule has 4 nitrogen and oxygen atoms in total. The third kappa shape index (κ3) is 23.4. The van der Waals surface area contributed by atoms with Gasteiger partial charge in [-0.3, -0.25) is 9.59 Å². The summed E-state index contributed by atoms with van der Waals surface area (Å²) in [6, 6.07) is 0. The van der Waals surface area contributed by atoms with Gasteiger partial charge >= 0.3 is 11.9 Å². The quantitative estimate of drug-likeness (QED) is 0.0832. The van der Waals surface area contributed by atoms with Crippen molar-refractivity contribution < 1.29 is 19.4 Å². The summed E-state index contributed by atoms with van der Waals surface area (Å²) in [5.74, 6) is -2.20. The number of carboxylic acids is 1. The molecule has 0 aliphatic carbocycles. The molecular formula is C29H52O4. The van der Waals surface area contributed by atoms with Crippen molar-refractivity contribution in [1.29, 1.82) is 0 Å². The zero-order valence-electron chi connectivity index (χ0n) is 21.5. The summed E-state index contributed by atoms with van der Waals surface area (Å²) in [5, 5.41) is 8.96. The monoisotopic (exact) mass is 464 g/mol. The maximum atomic E-state index is 11.9. The number of hydrogen-bond acceptors (Lipinski definition) is 3. The number of esters is 1. The van der Waals surface area contributed by atoms with E-state index < -0.39 is 17.9 Å². The van der Waals surface area contributed by atoms with Crippen LogP contribution in [0.5, 0.6) is 0 Å². The van der Waals surface area contributed by atoms with E-state index in [9.17, 15) is 9.59 Å². The lowest BCUT2D eigenvalue weighted by Gasteiger charge is -2.09. The van der Waals surface area contributed by atoms with Gasteiger partial charge in [0.1, 0.15) is 6.61 Å². The number of aliphatic carboxylic acids is 1. The molecule has 0 amide bonds. The summed E-state index contributed by atoms with van der Waals surface area (Å²) >= 11 is 0. The highest BCUT2D eigenvalue weighted by Crippen LogP contribution is 2.15. The molecule has 0 aromatic rings. The van der Waals surface area contributed by atoms with E-state index in [0.717, 1.165) is 12.8 Å². The third-order valence-corrected chi connectivity index (χ3v) is 6.13. The average molecular weight is 465 g/mol. The zero-order chi connectivity index (χ0) is 24.4. The molecule has 4 heteroatoms. The first-order chi connectivity index (χ1) is 16.1. The van der Waals surface area contributed by atoms with Gasteiger partial charge in [0.25, 0.3) is 0 Å². The Balaban J connectivity index is 3.48. The van der Waals surface area contributed by atoms with Crippen LogP contribution in [0.15, 0.2) is 24.8 Å². The molecule has 33 heavy (non-hydrogen) atoms. The van der Waals surface area contributed by atoms with Crippen LogP contribution in [0.2, 0.25) is 0 Å². The second-order valence-corrected chi connectivity index (χ2v) is 9.35. The zero-order valence-corrected chi connectivity index (χ0v) is 21.5. The Labute approximate surface area is 204 Å². The Morgan fingerprint density at radius 1 is 0.758 bits per heavy atom. The highest BCUT2D eigenvalue weighted by Gasteiger charge is 2.19. The predicted octanol–water partition coefficient (Wildman–Crippen LogP) is 8.79. The van der Waals surface area contributed by atoms with Gasteiger partial charge in [0, 0.05) is 0 Å². The molecule has 0 spiro atoms. The molecule has 0 fully saturated rings. The number of hydrogen-bond donors (Lipinski definition) is 1. The lowest BCUT2D eigenvalue weighted by atomic mass is 10.0. The van der Waals surface area contributed by atoms with E-state index in [1.807, 2.05) is 6.08 Å². The van der Waals surface area contributed by atoms with Crippen molar-refractivity contribution in [3.8, 4) is 0 Å². The van der Waals surface area contributed by atoms with E-state index in [1.54, 1.807) is 6.08 Å². The third-order valence-electron chi connectivity index (χ3n) is 6.13. The number of carboxylic acid groups (broad SMARTS) is 1. The molecule has 192 valence electrons. The van der Waals surface area contributed by atoms with Gasteiger partial charge in [-0.25, -0.2) is 0 Å². The van der Waals surface area contributed by atoms with Crippen molar-refractivity contribution in [2.24, 2.45) is 5.92 Å². The normalized spacial score (nSPS) is 12.2. The molecule has 0 radical (unpaired) electrons. The topological polar surface area (TPSA) is 63.6 Å². The van der Waals surface area contributed by atoms with Gasteiger partial charge in [-0.05, 0) is 12.8 Å². The SMILES string of the molecule is C=CCOC(=O)C(/C=C/CCCCCCCCCCCCCCCCCCCC)CC(=O)O. The molecule has 0 bridgehead atoms. The van der Waals surface area contributed by atoms with Crippen LogP contribution in [0.4, 0.5) is 0 Å². The molecular weight excluding hydrogens is 412 g/mol. The molecule has 0 aromatic carbocycles. The molecule has 1 atom stereocenters.